The monoisotopic (exact) mass is 432 g/mol. The standard InChI is InChI=1S/C19H17BrN2OS2/c1-13-4-2-3-5-16(13)21-18(23)10-11-24-19-22-17(12-25-19)14-6-8-15(20)9-7-14/h2-9,12H,10-11H2,1H3,(H,21,23). The average Bonchev–Trinajstić information content (AvgIpc) is 3.06. The fourth-order valence-electron chi connectivity index (χ4n) is 2.23. The van der Waals surface area contributed by atoms with Crippen molar-refractivity contribution in [2.75, 3.05) is 11.1 Å². The second-order valence-corrected chi connectivity index (χ2v) is 8.58. The highest BCUT2D eigenvalue weighted by molar-refractivity contribution is 9.10. The fraction of sp³-hybridized carbons (Fsp3) is 0.158. The van der Waals surface area contributed by atoms with Gasteiger partial charge in [-0.2, -0.15) is 0 Å². The van der Waals surface area contributed by atoms with Gasteiger partial charge < -0.3 is 5.32 Å². The van der Waals surface area contributed by atoms with Gasteiger partial charge >= 0.3 is 0 Å². The Kier molecular flexibility index (Phi) is 6.29. The summed E-state index contributed by atoms with van der Waals surface area (Å²) < 4.78 is 2.04. The quantitative estimate of drug-likeness (QED) is 0.485. The van der Waals surface area contributed by atoms with Gasteiger partial charge in [0.1, 0.15) is 0 Å². The van der Waals surface area contributed by atoms with Gasteiger partial charge in [-0.15, -0.1) is 11.3 Å². The summed E-state index contributed by atoms with van der Waals surface area (Å²) in [6, 6.07) is 15.9. The summed E-state index contributed by atoms with van der Waals surface area (Å²) in [5.74, 6) is 0.747. The summed E-state index contributed by atoms with van der Waals surface area (Å²) in [5.41, 5.74) is 4.03. The highest BCUT2D eigenvalue weighted by Gasteiger charge is 2.08. The van der Waals surface area contributed by atoms with Crippen molar-refractivity contribution in [3.63, 3.8) is 0 Å². The number of aryl methyl sites for hydroxylation is 1. The predicted molar refractivity (Wildman–Crippen MR) is 110 cm³/mol. The van der Waals surface area contributed by atoms with Crippen LogP contribution in [0.1, 0.15) is 12.0 Å². The molecule has 3 nitrogen and oxygen atoms in total. The van der Waals surface area contributed by atoms with E-state index in [-0.39, 0.29) is 5.91 Å². The van der Waals surface area contributed by atoms with Gasteiger partial charge in [-0.25, -0.2) is 4.98 Å². The van der Waals surface area contributed by atoms with Crippen molar-refractivity contribution in [2.45, 2.75) is 17.7 Å². The van der Waals surface area contributed by atoms with Crippen LogP contribution in [0.2, 0.25) is 0 Å². The third-order valence-corrected chi connectivity index (χ3v) is 6.15. The molecule has 0 saturated carbocycles. The number of hydrogen-bond donors (Lipinski definition) is 1. The van der Waals surface area contributed by atoms with Gasteiger partial charge in [0.2, 0.25) is 5.91 Å². The van der Waals surface area contributed by atoms with Crippen molar-refractivity contribution in [3.05, 3.63) is 63.9 Å². The predicted octanol–water partition coefficient (Wildman–Crippen LogP) is 6.00. The summed E-state index contributed by atoms with van der Waals surface area (Å²) in [6.45, 7) is 1.99. The van der Waals surface area contributed by atoms with Gasteiger partial charge in [0.25, 0.3) is 0 Å². The number of carbonyl (C=O) groups excluding carboxylic acids is 1. The van der Waals surface area contributed by atoms with E-state index in [1.165, 1.54) is 0 Å². The van der Waals surface area contributed by atoms with Crippen molar-refractivity contribution in [3.8, 4) is 11.3 Å². The number of aromatic nitrogens is 1. The zero-order valence-corrected chi connectivity index (χ0v) is 16.9. The molecule has 0 aliphatic carbocycles. The van der Waals surface area contributed by atoms with Gasteiger partial charge in [0, 0.05) is 33.3 Å². The molecule has 0 saturated heterocycles. The molecule has 0 fully saturated rings. The van der Waals surface area contributed by atoms with Gasteiger partial charge in [0.15, 0.2) is 4.34 Å². The minimum atomic E-state index is 0.0338. The number of anilines is 1. The summed E-state index contributed by atoms with van der Waals surface area (Å²) in [7, 11) is 0. The molecular weight excluding hydrogens is 416 g/mol. The zero-order chi connectivity index (χ0) is 17.6. The van der Waals surface area contributed by atoms with E-state index in [0.717, 1.165) is 31.3 Å². The molecule has 2 aromatic carbocycles. The molecular formula is C19H17BrN2OS2. The summed E-state index contributed by atoms with van der Waals surface area (Å²) in [6.07, 6.45) is 0.464. The summed E-state index contributed by atoms with van der Waals surface area (Å²) in [5, 5.41) is 5.01. The number of para-hydroxylation sites is 1. The van der Waals surface area contributed by atoms with Crippen LogP contribution in [0, 0.1) is 6.92 Å². The van der Waals surface area contributed by atoms with Crippen LogP contribution in [0.4, 0.5) is 5.69 Å². The van der Waals surface area contributed by atoms with E-state index < -0.39 is 0 Å². The van der Waals surface area contributed by atoms with Crippen molar-refractivity contribution in [1.29, 1.82) is 0 Å². The molecule has 1 heterocycles. The number of nitrogens with one attached hydrogen (secondary N) is 1. The molecule has 128 valence electrons. The second kappa shape index (κ2) is 8.65. The number of benzene rings is 2. The van der Waals surface area contributed by atoms with Crippen LogP contribution in [-0.4, -0.2) is 16.6 Å². The average molecular weight is 433 g/mol. The molecule has 25 heavy (non-hydrogen) atoms. The first-order valence-corrected chi connectivity index (χ1v) is 10.5. The lowest BCUT2D eigenvalue weighted by Gasteiger charge is -2.07. The maximum absolute atomic E-state index is 12.1. The molecule has 6 heteroatoms. The van der Waals surface area contributed by atoms with Crippen LogP contribution in [0.3, 0.4) is 0 Å². The van der Waals surface area contributed by atoms with Gasteiger partial charge in [-0.05, 0) is 30.7 Å². The maximum atomic E-state index is 12.1. The van der Waals surface area contributed by atoms with Crippen molar-refractivity contribution < 1.29 is 4.79 Å². The van der Waals surface area contributed by atoms with Crippen LogP contribution in [-0.2, 0) is 4.79 Å². The maximum Gasteiger partial charge on any atom is 0.225 e. The normalized spacial score (nSPS) is 10.6. The first-order valence-electron chi connectivity index (χ1n) is 7.81. The minimum absolute atomic E-state index is 0.0338. The lowest BCUT2D eigenvalue weighted by atomic mass is 10.2. The van der Waals surface area contributed by atoms with E-state index in [1.54, 1.807) is 23.1 Å². The second-order valence-electron chi connectivity index (χ2n) is 5.47. The number of halogens is 1. The molecule has 1 amide bonds. The first-order chi connectivity index (χ1) is 12.1. The number of thioether (sulfide) groups is 1. The lowest BCUT2D eigenvalue weighted by molar-refractivity contribution is -0.115. The number of carbonyl (C=O) groups is 1. The van der Waals surface area contributed by atoms with Gasteiger partial charge in [-0.3, -0.25) is 4.79 Å². The van der Waals surface area contributed by atoms with Crippen molar-refractivity contribution in [2.24, 2.45) is 0 Å². The molecule has 0 atom stereocenters. The van der Waals surface area contributed by atoms with E-state index in [0.29, 0.717) is 12.2 Å². The SMILES string of the molecule is Cc1ccccc1NC(=O)CCSc1nc(-c2ccc(Br)cc2)cs1. The first kappa shape index (κ1) is 18.2. The number of nitrogens with zero attached hydrogens (tertiary/aromatic N) is 1. The Bertz CT molecular complexity index is 862. The number of amides is 1. The number of thiazole rings is 1. The molecule has 0 aliphatic rings. The largest absolute Gasteiger partial charge is 0.326 e. The Morgan fingerprint density at radius 3 is 2.72 bits per heavy atom. The van der Waals surface area contributed by atoms with Gasteiger partial charge in [0.05, 0.1) is 5.69 Å². The number of rotatable bonds is 6. The highest BCUT2D eigenvalue weighted by Crippen LogP contribution is 2.29. The molecule has 0 spiro atoms. The third kappa shape index (κ3) is 5.17. The third-order valence-electron chi connectivity index (χ3n) is 3.60. The molecule has 1 N–H and O–H groups in total. The smallest absolute Gasteiger partial charge is 0.225 e. The zero-order valence-electron chi connectivity index (χ0n) is 13.7. The molecule has 0 radical (unpaired) electrons. The van der Waals surface area contributed by atoms with Crippen molar-refractivity contribution in [1.82, 2.24) is 4.98 Å². The van der Waals surface area contributed by atoms with Crippen LogP contribution < -0.4 is 5.32 Å². The van der Waals surface area contributed by atoms with Crippen LogP contribution in [0.15, 0.2) is 62.7 Å². The Morgan fingerprint density at radius 2 is 1.96 bits per heavy atom. The lowest BCUT2D eigenvalue weighted by Crippen LogP contribution is -2.12. The Balaban J connectivity index is 1.50. The van der Waals surface area contributed by atoms with E-state index >= 15 is 0 Å². The Hall–Kier alpha value is -1.63. The molecule has 0 bridgehead atoms. The molecule has 3 rings (SSSR count). The highest BCUT2D eigenvalue weighted by atomic mass is 79.9. The van der Waals surface area contributed by atoms with E-state index in [9.17, 15) is 4.79 Å². The van der Waals surface area contributed by atoms with Gasteiger partial charge in [-0.1, -0.05) is 58.0 Å². The summed E-state index contributed by atoms with van der Waals surface area (Å²) >= 11 is 6.67. The topological polar surface area (TPSA) is 42.0 Å². The Morgan fingerprint density at radius 1 is 1.20 bits per heavy atom. The number of hydrogen-bond acceptors (Lipinski definition) is 4. The van der Waals surface area contributed by atoms with Crippen LogP contribution >= 0.6 is 39.0 Å². The van der Waals surface area contributed by atoms with Crippen LogP contribution in [0.5, 0.6) is 0 Å². The molecule has 1 aromatic heterocycles. The molecule has 0 aliphatic heterocycles. The van der Waals surface area contributed by atoms with E-state index in [2.05, 4.69) is 31.6 Å². The van der Waals surface area contributed by atoms with Crippen molar-refractivity contribution >= 4 is 50.6 Å². The van der Waals surface area contributed by atoms with E-state index in [1.807, 2.05) is 55.5 Å². The summed E-state index contributed by atoms with van der Waals surface area (Å²) in [4.78, 5) is 16.7. The fourth-order valence-corrected chi connectivity index (χ4v) is 4.34. The molecule has 0 unspecified atom stereocenters. The van der Waals surface area contributed by atoms with E-state index in [4.69, 9.17) is 0 Å². The Labute approximate surface area is 164 Å². The minimum Gasteiger partial charge on any atom is -0.326 e. The van der Waals surface area contributed by atoms with Crippen LogP contribution in [0.25, 0.3) is 11.3 Å². The molecule has 3 aromatic rings.